The molecular weight excluding hydrogens is 352 g/mol. The maximum Gasteiger partial charge on any atom is 0.306 e. The molecule has 0 radical (unpaired) electrons. The first-order chi connectivity index (χ1) is 12.9. The minimum absolute atomic E-state index is 0.209. The predicted octanol–water partition coefficient (Wildman–Crippen LogP) is -0.169. The molecule has 1 unspecified atom stereocenters. The zero-order chi connectivity index (χ0) is 20.2. The van der Waals surface area contributed by atoms with Gasteiger partial charge in [0.05, 0.1) is 13.0 Å². The molecule has 10 heteroatoms. The van der Waals surface area contributed by atoms with Crippen molar-refractivity contribution in [1.29, 1.82) is 0 Å². The summed E-state index contributed by atoms with van der Waals surface area (Å²) in [4.78, 5) is 41.4. The number of guanidine groups is 1. The number of terminal acetylenes is 1. The van der Waals surface area contributed by atoms with Gasteiger partial charge in [-0.2, -0.15) is 11.5 Å². The van der Waals surface area contributed by atoms with Crippen LogP contribution in [0.2, 0.25) is 0 Å². The van der Waals surface area contributed by atoms with Gasteiger partial charge in [0.25, 0.3) is 11.9 Å². The Labute approximate surface area is 155 Å². The first-order valence-electron chi connectivity index (χ1n) is 7.61. The van der Waals surface area contributed by atoms with Gasteiger partial charge in [-0.15, -0.1) is 6.42 Å². The van der Waals surface area contributed by atoms with Crippen LogP contribution in [0.15, 0.2) is 29.3 Å². The van der Waals surface area contributed by atoms with Crippen molar-refractivity contribution in [1.82, 2.24) is 16.1 Å². The van der Waals surface area contributed by atoms with Gasteiger partial charge in [-0.3, -0.25) is 19.4 Å². The fourth-order valence-corrected chi connectivity index (χ4v) is 1.90. The predicted molar refractivity (Wildman–Crippen MR) is 98.5 cm³/mol. The van der Waals surface area contributed by atoms with E-state index in [1.54, 1.807) is 12.1 Å². The van der Waals surface area contributed by atoms with E-state index in [9.17, 15) is 14.4 Å². The van der Waals surface area contributed by atoms with Gasteiger partial charge in [0.15, 0.2) is 0 Å². The number of carboxylic acids is 1. The number of nitrogens with zero attached hydrogens (tertiary/aromatic N) is 2. The highest BCUT2D eigenvalue weighted by molar-refractivity contribution is 5.99. The molecule has 1 atom stereocenters. The summed E-state index contributed by atoms with van der Waals surface area (Å²) in [7, 11) is 1.49. The number of carbonyl (C=O) groups is 3. The molecule has 0 saturated carbocycles. The number of rotatable bonds is 7. The highest BCUT2D eigenvalue weighted by Crippen LogP contribution is 2.10. The van der Waals surface area contributed by atoms with Crippen LogP contribution >= 0.6 is 0 Å². The van der Waals surface area contributed by atoms with Crippen molar-refractivity contribution in [3.8, 4) is 12.3 Å². The standard InChI is InChI=1S/C17H18N6O4/c1-4-12(9-15(25)26)21-14(24)10-20-16(27)11-6-5-7-13(8-11)22-17(18-2)23-19-3/h1,5-8,12H,9-10H2,2H3,(H,20,27)(H,21,24)(H,25,26)(H2,18,22,23). The van der Waals surface area contributed by atoms with E-state index >= 15 is 0 Å². The molecule has 0 heterocycles. The molecule has 0 aliphatic carbocycles. The normalized spacial score (nSPS) is 11.3. The lowest BCUT2D eigenvalue weighted by Gasteiger charge is -2.12. The van der Waals surface area contributed by atoms with Crippen LogP contribution in [0.4, 0.5) is 5.69 Å². The number of anilines is 1. The topological polar surface area (TPSA) is 136 Å². The molecule has 1 aromatic rings. The smallest absolute Gasteiger partial charge is 0.306 e. The van der Waals surface area contributed by atoms with Crippen molar-refractivity contribution < 1.29 is 19.5 Å². The largest absolute Gasteiger partial charge is 0.481 e. The van der Waals surface area contributed by atoms with Crippen molar-refractivity contribution in [2.24, 2.45) is 4.99 Å². The lowest BCUT2D eigenvalue weighted by molar-refractivity contribution is -0.137. The highest BCUT2D eigenvalue weighted by Gasteiger charge is 2.14. The Balaban J connectivity index is 2.64. The highest BCUT2D eigenvalue weighted by atomic mass is 16.4. The summed E-state index contributed by atoms with van der Waals surface area (Å²) < 4.78 is 0. The molecule has 10 nitrogen and oxygen atoms in total. The first kappa shape index (κ1) is 21.0. The Kier molecular flexibility index (Phi) is 8.35. The second-order valence-electron chi connectivity index (χ2n) is 5.07. The number of amides is 2. The number of hydrogen-bond acceptors (Lipinski definition) is 4. The molecule has 0 aliphatic rings. The number of aliphatic carboxylic acids is 1. The van der Waals surface area contributed by atoms with Gasteiger partial charge in [0.2, 0.25) is 5.91 Å². The van der Waals surface area contributed by atoms with Crippen LogP contribution < -0.4 is 21.4 Å². The third kappa shape index (κ3) is 7.58. The van der Waals surface area contributed by atoms with Crippen LogP contribution in [-0.4, -0.2) is 48.5 Å². The third-order valence-corrected chi connectivity index (χ3v) is 3.10. The quantitative estimate of drug-likeness (QED) is 0.149. The summed E-state index contributed by atoms with van der Waals surface area (Å²) in [5, 5.41) is 16.3. The monoisotopic (exact) mass is 370 g/mol. The van der Waals surface area contributed by atoms with E-state index in [4.69, 9.17) is 18.1 Å². The van der Waals surface area contributed by atoms with Crippen molar-refractivity contribution in [2.45, 2.75) is 12.5 Å². The van der Waals surface area contributed by atoms with E-state index < -0.39 is 30.2 Å². The zero-order valence-electron chi connectivity index (χ0n) is 14.4. The van der Waals surface area contributed by atoms with E-state index in [-0.39, 0.29) is 18.1 Å². The Morgan fingerprint density at radius 2 is 2.15 bits per heavy atom. The maximum atomic E-state index is 12.2. The lowest BCUT2D eigenvalue weighted by atomic mass is 10.2. The summed E-state index contributed by atoms with van der Waals surface area (Å²) in [5.41, 5.74) is 3.11. The van der Waals surface area contributed by atoms with Gasteiger partial charge >= 0.3 is 5.97 Å². The number of hydrogen-bond donors (Lipinski definition) is 5. The minimum Gasteiger partial charge on any atom is -0.481 e. The molecule has 1 aromatic carbocycles. The van der Waals surface area contributed by atoms with Crippen LogP contribution in [0, 0.1) is 18.9 Å². The fraction of sp³-hybridized carbons (Fsp3) is 0.235. The SMILES string of the molecule is [C-]#[N+]NC(=NC)Nc1cccc(C(=O)NCC(=O)NC(C#C)CC(=O)O)c1. The molecule has 0 fully saturated rings. The van der Waals surface area contributed by atoms with Gasteiger partial charge in [0, 0.05) is 18.3 Å². The van der Waals surface area contributed by atoms with Crippen molar-refractivity contribution >= 4 is 29.4 Å². The second-order valence-corrected chi connectivity index (χ2v) is 5.07. The number of aliphatic imine (C=N–C) groups is 1. The van der Waals surface area contributed by atoms with E-state index in [1.807, 2.05) is 0 Å². The summed E-state index contributed by atoms with van der Waals surface area (Å²) >= 11 is 0. The van der Waals surface area contributed by atoms with Gasteiger partial charge in [0.1, 0.15) is 6.04 Å². The average Bonchev–Trinajstić information content (AvgIpc) is 2.65. The van der Waals surface area contributed by atoms with E-state index in [0.29, 0.717) is 5.69 Å². The second kappa shape index (κ2) is 10.7. The molecule has 0 spiro atoms. The number of nitrogens with one attached hydrogen (secondary N) is 4. The summed E-state index contributed by atoms with van der Waals surface area (Å²) in [5.74, 6) is 0.0938. The fourth-order valence-electron chi connectivity index (χ4n) is 1.90. The molecule has 1 rings (SSSR count). The van der Waals surface area contributed by atoms with Crippen molar-refractivity contribution in [3.05, 3.63) is 41.4 Å². The Morgan fingerprint density at radius 3 is 2.74 bits per heavy atom. The van der Waals surface area contributed by atoms with E-state index in [2.05, 4.69) is 37.2 Å². The summed E-state index contributed by atoms with van der Waals surface area (Å²) in [6.07, 6.45) is 4.74. The average molecular weight is 370 g/mol. The van der Waals surface area contributed by atoms with Crippen molar-refractivity contribution in [2.75, 3.05) is 18.9 Å². The van der Waals surface area contributed by atoms with Crippen LogP contribution in [0.3, 0.4) is 0 Å². The first-order valence-corrected chi connectivity index (χ1v) is 7.61. The molecule has 0 saturated heterocycles. The van der Waals surface area contributed by atoms with E-state index in [1.165, 1.54) is 19.2 Å². The Bertz CT molecular complexity index is 821. The Morgan fingerprint density at radius 1 is 1.41 bits per heavy atom. The van der Waals surface area contributed by atoms with Gasteiger partial charge in [-0.25, -0.2) is 0 Å². The molecule has 140 valence electrons. The van der Waals surface area contributed by atoms with Crippen LogP contribution in [0.1, 0.15) is 16.8 Å². The molecule has 5 N–H and O–H groups in total. The molecule has 0 bridgehead atoms. The van der Waals surface area contributed by atoms with Gasteiger partial charge in [-0.1, -0.05) is 17.4 Å². The van der Waals surface area contributed by atoms with E-state index in [0.717, 1.165) is 0 Å². The zero-order valence-corrected chi connectivity index (χ0v) is 14.4. The lowest BCUT2D eigenvalue weighted by Crippen LogP contribution is -2.42. The molecule has 0 aliphatic heterocycles. The maximum absolute atomic E-state index is 12.2. The van der Waals surface area contributed by atoms with Crippen LogP contribution in [0.5, 0.6) is 0 Å². The van der Waals surface area contributed by atoms with Crippen LogP contribution in [-0.2, 0) is 9.59 Å². The number of carbonyl (C=O) groups excluding carboxylic acids is 2. The minimum atomic E-state index is -1.14. The number of carboxylic acid groups (broad SMARTS) is 1. The molecule has 27 heavy (non-hydrogen) atoms. The summed E-state index contributed by atoms with van der Waals surface area (Å²) in [6, 6.07) is 5.38. The molecule has 2 amide bonds. The molecule has 0 aromatic heterocycles. The summed E-state index contributed by atoms with van der Waals surface area (Å²) in [6.45, 7) is 6.39. The number of benzene rings is 1. The van der Waals surface area contributed by atoms with Gasteiger partial charge < -0.3 is 21.1 Å². The van der Waals surface area contributed by atoms with Crippen LogP contribution in [0.25, 0.3) is 4.95 Å². The molecular formula is C17H18N6O4. The third-order valence-electron chi connectivity index (χ3n) is 3.10. The van der Waals surface area contributed by atoms with Crippen molar-refractivity contribution in [3.63, 3.8) is 0 Å². The van der Waals surface area contributed by atoms with Gasteiger partial charge in [-0.05, 0) is 18.2 Å². The Hall–Kier alpha value is -4.05.